The molecule has 0 amide bonds. The van der Waals surface area contributed by atoms with Crippen LogP contribution in [0.3, 0.4) is 0 Å². The van der Waals surface area contributed by atoms with E-state index in [0.717, 1.165) is 37.2 Å². The lowest BCUT2D eigenvalue weighted by atomic mass is 10.2. The highest BCUT2D eigenvalue weighted by molar-refractivity contribution is 5.73. The molecule has 1 aliphatic heterocycles. The third-order valence-corrected chi connectivity index (χ3v) is 4.03. The van der Waals surface area contributed by atoms with Crippen molar-refractivity contribution in [2.45, 2.75) is 12.7 Å². The minimum atomic E-state index is -4.37. The summed E-state index contributed by atoms with van der Waals surface area (Å²) in [6, 6.07) is 2.45. The van der Waals surface area contributed by atoms with Crippen molar-refractivity contribution in [2.24, 2.45) is 0 Å². The summed E-state index contributed by atoms with van der Waals surface area (Å²) in [7, 11) is 0. The molecule has 0 saturated carbocycles. The number of anilines is 1. The number of aldehydes is 1. The maximum absolute atomic E-state index is 12.6. The van der Waals surface area contributed by atoms with Crippen LogP contribution in [-0.4, -0.2) is 52.5 Å². The van der Waals surface area contributed by atoms with E-state index in [0.29, 0.717) is 31.1 Å². The Morgan fingerprint density at radius 3 is 2.50 bits per heavy atom. The third kappa shape index (κ3) is 3.56. The van der Waals surface area contributed by atoms with Crippen molar-refractivity contribution in [2.75, 3.05) is 31.1 Å². The number of carbonyl (C=O) groups is 1. The Bertz CT molecular complexity index is 690. The molecule has 24 heavy (non-hydrogen) atoms. The van der Waals surface area contributed by atoms with E-state index in [2.05, 4.69) is 20.1 Å². The highest BCUT2D eigenvalue weighted by Crippen LogP contribution is 2.29. The number of aromatic nitrogens is 3. The van der Waals surface area contributed by atoms with Gasteiger partial charge in [0.2, 0.25) is 0 Å². The fraction of sp³-hybridized carbons (Fsp3) is 0.400. The van der Waals surface area contributed by atoms with Gasteiger partial charge in [-0.2, -0.15) is 18.3 Å². The van der Waals surface area contributed by atoms with Crippen LogP contribution in [0.2, 0.25) is 0 Å². The molecule has 128 valence electrons. The van der Waals surface area contributed by atoms with Gasteiger partial charge in [-0.1, -0.05) is 0 Å². The quantitative estimate of drug-likeness (QED) is 0.863. The highest BCUT2D eigenvalue weighted by atomic mass is 19.4. The molecule has 3 heterocycles. The summed E-state index contributed by atoms with van der Waals surface area (Å²) < 4.78 is 37.7. The Morgan fingerprint density at radius 2 is 1.92 bits per heavy atom. The lowest BCUT2D eigenvalue weighted by Gasteiger charge is -2.35. The average molecular weight is 339 g/mol. The van der Waals surface area contributed by atoms with Crippen LogP contribution in [0.4, 0.5) is 19.0 Å². The summed E-state index contributed by atoms with van der Waals surface area (Å²) >= 11 is 0. The summed E-state index contributed by atoms with van der Waals surface area (Å²) in [4.78, 5) is 18.9. The van der Waals surface area contributed by atoms with E-state index in [1.165, 1.54) is 6.07 Å². The second-order valence-corrected chi connectivity index (χ2v) is 5.59. The van der Waals surface area contributed by atoms with Gasteiger partial charge in [0.1, 0.15) is 11.5 Å². The van der Waals surface area contributed by atoms with Gasteiger partial charge in [-0.3, -0.25) is 14.8 Å². The summed E-state index contributed by atoms with van der Waals surface area (Å²) in [6.07, 6.45) is -1.13. The molecule has 0 unspecified atom stereocenters. The summed E-state index contributed by atoms with van der Waals surface area (Å²) in [5.74, 6) is 0.541. The molecule has 0 aliphatic carbocycles. The van der Waals surface area contributed by atoms with Crippen LogP contribution in [0, 0.1) is 0 Å². The number of pyridine rings is 1. The Balaban J connectivity index is 1.58. The second-order valence-electron chi connectivity index (χ2n) is 5.59. The smallest absolute Gasteiger partial charge is 0.354 e. The molecule has 2 aromatic heterocycles. The Morgan fingerprint density at radius 1 is 1.17 bits per heavy atom. The van der Waals surface area contributed by atoms with Gasteiger partial charge in [0.05, 0.1) is 11.8 Å². The summed E-state index contributed by atoms with van der Waals surface area (Å²) in [5.41, 5.74) is 0.569. The predicted octanol–water partition coefficient (Wildman–Crippen LogP) is 1.96. The first-order valence-electron chi connectivity index (χ1n) is 7.45. The van der Waals surface area contributed by atoms with E-state index in [-0.39, 0.29) is 0 Å². The van der Waals surface area contributed by atoms with Crippen LogP contribution >= 0.6 is 0 Å². The minimum absolute atomic E-state index is 0.474. The van der Waals surface area contributed by atoms with E-state index >= 15 is 0 Å². The Labute approximate surface area is 136 Å². The summed E-state index contributed by atoms with van der Waals surface area (Å²) in [6.45, 7) is 3.39. The highest BCUT2D eigenvalue weighted by Gasteiger charge is 2.31. The molecule has 0 radical (unpaired) electrons. The fourth-order valence-electron chi connectivity index (χ4n) is 2.67. The Kier molecular flexibility index (Phi) is 4.52. The number of H-pyrrole nitrogens is 1. The van der Waals surface area contributed by atoms with Gasteiger partial charge in [-0.05, 0) is 12.1 Å². The molecular formula is C15H16F3N5O. The zero-order valence-electron chi connectivity index (χ0n) is 12.8. The average Bonchev–Trinajstić information content (AvgIpc) is 3.02. The minimum Gasteiger partial charge on any atom is -0.354 e. The number of hydrogen-bond acceptors (Lipinski definition) is 5. The first-order chi connectivity index (χ1) is 11.5. The Hall–Kier alpha value is -2.42. The van der Waals surface area contributed by atoms with Crippen molar-refractivity contribution < 1.29 is 18.0 Å². The first-order valence-corrected chi connectivity index (χ1v) is 7.45. The van der Waals surface area contributed by atoms with Crippen molar-refractivity contribution in [3.05, 3.63) is 41.3 Å². The zero-order chi connectivity index (χ0) is 17.2. The zero-order valence-corrected chi connectivity index (χ0v) is 12.8. The molecule has 0 atom stereocenters. The van der Waals surface area contributed by atoms with Crippen LogP contribution in [0.15, 0.2) is 24.5 Å². The molecule has 1 fully saturated rings. The van der Waals surface area contributed by atoms with Gasteiger partial charge < -0.3 is 4.90 Å². The number of rotatable bonds is 4. The van der Waals surface area contributed by atoms with Crippen molar-refractivity contribution in [3.8, 4) is 0 Å². The van der Waals surface area contributed by atoms with Gasteiger partial charge in [-0.15, -0.1) is 0 Å². The number of carbonyl (C=O) groups excluding carboxylic acids is 1. The van der Waals surface area contributed by atoms with Crippen molar-refractivity contribution in [1.29, 1.82) is 0 Å². The fourth-order valence-corrected chi connectivity index (χ4v) is 2.67. The molecule has 1 aliphatic rings. The SMILES string of the molecule is O=Cc1[nH]ncc1CN1CCN(c2ccc(C(F)(F)F)cn2)CC1. The number of nitrogens with zero attached hydrogens (tertiary/aromatic N) is 4. The number of alkyl halides is 3. The molecule has 1 N–H and O–H groups in total. The van der Waals surface area contributed by atoms with E-state index in [9.17, 15) is 18.0 Å². The first kappa shape index (κ1) is 16.4. The van der Waals surface area contributed by atoms with Crippen molar-refractivity contribution >= 4 is 12.1 Å². The predicted molar refractivity (Wildman–Crippen MR) is 80.7 cm³/mol. The topological polar surface area (TPSA) is 65.1 Å². The maximum Gasteiger partial charge on any atom is 0.417 e. The number of hydrogen-bond donors (Lipinski definition) is 1. The van der Waals surface area contributed by atoms with Crippen LogP contribution in [0.1, 0.15) is 21.6 Å². The molecule has 9 heteroatoms. The standard InChI is InChI=1S/C15H16F3N5O/c16-15(17,18)12-1-2-14(19-8-12)23-5-3-22(4-6-23)9-11-7-20-21-13(11)10-24/h1-2,7-8,10H,3-6,9H2,(H,20,21). The van der Waals surface area contributed by atoms with Crippen molar-refractivity contribution in [3.63, 3.8) is 0 Å². The number of halogens is 3. The number of piperazine rings is 1. The molecule has 0 aromatic carbocycles. The largest absolute Gasteiger partial charge is 0.417 e. The van der Waals surface area contributed by atoms with Gasteiger partial charge in [0, 0.05) is 44.5 Å². The molecule has 3 rings (SSSR count). The summed E-state index contributed by atoms with van der Waals surface area (Å²) in [5, 5.41) is 6.49. The van der Waals surface area contributed by atoms with Gasteiger partial charge in [0.25, 0.3) is 0 Å². The van der Waals surface area contributed by atoms with E-state index in [1.54, 1.807) is 6.20 Å². The van der Waals surface area contributed by atoms with Gasteiger partial charge in [0.15, 0.2) is 6.29 Å². The second kappa shape index (κ2) is 6.60. The lowest BCUT2D eigenvalue weighted by molar-refractivity contribution is -0.137. The molecule has 1 saturated heterocycles. The van der Waals surface area contributed by atoms with E-state index in [1.807, 2.05) is 4.90 Å². The third-order valence-electron chi connectivity index (χ3n) is 4.03. The molecule has 6 nitrogen and oxygen atoms in total. The molecule has 2 aromatic rings. The van der Waals surface area contributed by atoms with Crippen LogP contribution < -0.4 is 4.90 Å². The van der Waals surface area contributed by atoms with Gasteiger partial charge >= 0.3 is 6.18 Å². The maximum atomic E-state index is 12.6. The van der Waals surface area contributed by atoms with Gasteiger partial charge in [-0.25, -0.2) is 4.98 Å². The monoisotopic (exact) mass is 339 g/mol. The molecule has 0 spiro atoms. The van der Waals surface area contributed by atoms with Crippen LogP contribution in [0.25, 0.3) is 0 Å². The number of nitrogens with one attached hydrogen (secondary N) is 1. The molecule has 0 bridgehead atoms. The number of aromatic amines is 1. The van der Waals surface area contributed by atoms with Crippen LogP contribution in [-0.2, 0) is 12.7 Å². The molecular weight excluding hydrogens is 323 g/mol. The van der Waals surface area contributed by atoms with E-state index in [4.69, 9.17) is 0 Å². The van der Waals surface area contributed by atoms with Crippen LogP contribution in [0.5, 0.6) is 0 Å². The van der Waals surface area contributed by atoms with Crippen molar-refractivity contribution in [1.82, 2.24) is 20.1 Å². The normalized spacial score (nSPS) is 16.4. The van der Waals surface area contributed by atoms with E-state index < -0.39 is 11.7 Å². The lowest BCUT2D eigenvalue weighted by Crippen LogP contribution is -2.46.